The lowest BCUT2D eigenvalue weighted by Gasteiger charge is -2.20. The summed E-state index contributed by atoms with van der Waals surface area (Å²) in [5.74, 6) is -4.52. The highest BCUT2D eigenvalue weighted by Gasteiger charge is 2.23. The van der Waals surface area contributed by atoms with Crippen LogP contribution >= 0.6 is 0 Å². The van der Waals surface area contributed by atoms with Crippen molar-refractivity contribution in [1.29, 1.82) is 0 Å². The van der Waals surface area contributed by atoms with E-state index >= 15 is 8.78 Å². The molecule has 0 heterocycles. The van der Waals surface area contributed by atoms with Crippen LogP contribution in [0.4, 0.5) is 17.6 Å². The summed E-state index contributed by atoms with van der Waals surface area (Å²) >= 11 is 0. The van der Waals surface area contributed by atoms with Crippen molar-refractivity contribution in [2.45, 2.75) is 78.1 Å². The van der Waals surface area contributed by atoms with Gasteiger partial charge in [0.05, 0.1) is 6.61 Å². The molecule has 0 N–H and O–H groups in total. The first-order chi connectivity index (χ1) is 19.9. The molecule has 0 aliphatic heterocycles. The third-order valence-electron chi connectivity index (χ3n) is 7.79. The van der Waals surface area contributed by atoms with Crippen molar-refractivity contribution >= 4 is 5.57 Å². The maximum Gasteiger partial charge on any atom is 0.201 e. The Morgan fingerprint density at radius 1 is 0.732 bits per heavy atom. The number of ether oxygens (including phenoxy) is 1. The average Bonchev–Trinajstić information content (AvgIpc) is 2.99. The molecule has 0 spiro atoms. The highest BCUT2D eigenvalue weighted by atomic mass is 19.2. The summed E-state index contributed by atoms with van der Waals surface area (Å²) in [5.41, 5.74) is 2.99. The molecule has 0 aromatic heterocycles. The molecule has 218 valence electrons. The highest BCUT2D eigenvalue weighted by Crippen LogP contribution is 2.37. The van der Waals surface area contributed by atoms with Crippen LogP contribution in [0.25, 0.3) is 16.7 Å². The molecule has 1 aliphatic rings. The van der Waals surface area contributed by atoms with E-state index in [4.69, 9.17) is 4.74 Å². The van der Waals surface area contributed by atoms with E-state index in [1.165, 1.54) is 35.4 Å². The van der Waals surface area contributed by atoms with Gasteiger partial charge in [-0.3, -0.25) is 0 Å². The predicted molar refractivity (Wildman–Crippen MR) is 160 cm³/mol. The molecule has 41 heavy (non-hydrogen) atoms. The van der Waals surface area contributed by atoms with Gasteiger partial charge in [-0.1, -0.05) is 87.7 Å². The van der Waals surface area contributed by atoms with E-state index in [-0.39, 0.29) is 29.0 Å². The van der Waals surface area contributed by atoms with Crippen molar-refractivity contribution in [1.82, 2.24) is 0 Å². The zero-order valence-electron chi connectivity index (χ0n) is 24.1. The quantitative estimate of drug-likeness (QED) is 0.114. The fraction of sp³-hybridized carbons (Fsp3) is 0.389. The molecule has 3 aromatic carbocycles. The van der Waals surface area contributed by atoms with E-state index < -0.39 is 23.3 Å². The van der Waals surface area contributed by atoms with Crippen LogP contribution in [0.15, 0.2) is 66.8 Å². The van der Waals surface area contributed by atoms with Gasteiger partial charge < -0.3 is 4.74 Å². The molecule has 3 aromatic rings. The molecule has 0 saturated carbocycles. The second-order valence-electron chi connectivity index (χ2n) is 10.9. The van der Waals surface area contributed by atoms with Crippen LogP contribution < -0.4 is 4.74 Å². The van der Waals surface area contributed by atoms with Crippen molar-refractivity contribution in [3.63, 3.8) is 0 Å². The van der Waals surface area contributed by atoms with E-state index in [1.807, 2.05) is 13.0 Å². The van der Waals surface area contributed by atoms with Gasteiger partial charge in [0.15, 0.2) is 23.2 Å². The zero-order chi connectivity index (χ0) is 29.2. The van der Waals surface area contributed by atoms with Gasteiger partial charge in [0, 0.05) is 16.7 Å². The Morgan fingerprint density at radius 2 is 1.37 bits per heavy atom. The molecule has 0 amide bonds. The number of hydrogen-bond acceptors (Lipinski definition) is 1. The van der Waals surface area contributed by atoms with Gasteiger partial charge in [-0.25, -0.2) is 13.2 Å². The Kier molecular flexibility index (Phi) is 11.2. The SMILES string of the molecule is CCCCCOc1ccc(-c2ccc(C3=CCC(C=CCCc4ccc(CCC)cc4)CC3)c(F)c2F)c(F)c1F. The first kappa shape index (κ1) is 30.6. The Hall–Kier alpha value is -3.34. The number of rotatable bonds is 13. The third kappa shape index (κ3) is 7.90. The topological polar surface area (TPSA) is 9.23 Å². The minimum atomic E-state index is -1.25. The van der Waals surface area contributed by atoms with E-state index in [9.17, 15) is 8.78 Å². The van der Waals surface area contributed by atoms with Gasteiger partial charge in [-0.15, -0.1) is 0 Å². The average molecular weight is 565 g/mol. The molecular formula is C36H40F4O. The van der Waals surface area contributed by atoms with Crippen LogP contribution in [-0.2, 0) is 12.8 Å². The van der Waals surface area contributed by atoms with Crippen molar-refractivity contribution in [2.24, 2.45) is 5.92 Å². The normalized spacial score (nSPS) is 15.4. The summed E-state index contributed by atoms with van der Waals surface area (Å²) in [6, 6.07) is 14.1. The van der Waals surface area contributed by atoms with E-state index in [0.717, 1.165) is 63.4 Å². The number of benzene rings is 3. The van der Waals surface area contributed by atoms with Gasteiger partial charge >= 0.3 is 0 Å². The first-order valence-electron chi connectivity index (χ1n) is 15.0. The highest BCUT2D eigenvalue weighted by molar-refractivity contribution is 5.72. The van der Waals surface area contributed by atoms with Gasteiger partial charge in [0.25, 0.3) is 0 Å². The maximum absolute atomic E-state index is 15.2. The standard InChI is InChI=1S/C36H40F4O/c1-3-5-8-24-41-32-23-22-31(35(39)36(32)40)30-21-20-29(33(37)34(30)38)28-18-16-27(17-19-28)11-7-6-10-26-14-12-25(9-4-2)13-15-26/h7,11-15,18,20-23,27H,3-6,8-10,16-17,19,24H2,1-2H3. The van der Waals surface area contributed by atoms with Crippen LogP contribution in [0, 0.1) is 29.2 Å². The van der Waals surface area contributed by atoms with Crippen molar-refractivity contribution in [3.05, 3.63) is 107 Å². The van der Waals surface area contributed by atoms with Gasteiger partial charge in [-0.05, 0) is 79.7 Å². The maximum atomic E-state index is 15.2. The largest absolute Gasteiger partial charge is 0.490 e. The minimum absolute atomic E-state index is 0.178. The Morgan fingerprint density at radius 3 is 2.02 bits per heavy atom. The number of allylic oxidation sites excluding steroid dienone is 4. The van der Waals surface area contributed by atoms with Crippen molar-refractivity contribution in [2.75, 3.05) is 6.61 Å². The Labute approximate surface area is 242 Å². The van der Waals surface area contributed by atoms with Crippen molar-refractivity contribution in [3.8, 4) is 16.9 Å². The molecule has 0 radical (unpaired) electrons. The molecule has 1 aliphatic carbocycles. The van der Waals surface area contributed by atoms with E-state index in [0.29, 0.717) is 12.3 Å². The molecule has 4 rings (SSSR count). The number of aryl methyl sites for hydroxylation is 2. The van der Waals surface area contributed by atoms with E-state index in [2.05, 4.69) is 43.3 Å². The summed E-state index contributed by atoms with van der Waals surface area (Å²) in [5, 5.41) is 0. The fourth-order valence-electron chi connectivity index (χ4n) is 5.36. The van der Waals surface area contributed by atoms with Crippen LogP contribution in [0.3, 0.4) is 0 Å². The lowest BCUT2D eigenvalue weighted by atomic mass is 9.85. The second kappa shape index (κ2) is 15.0. The first-order valence-corrected chi connectivity index (χ1v) is 15.0. The lowest BCUT2D eigenvalue weighted by Crippen LogP contribution is -2.06. The summed E-state index contributed by atoms with van der Waals surface area (Å²) < 4.78 is 65.1. The number of halogens is 4. The third-order valence-corrected chi connectivity index (χ3v) is 7.79. The van der Waals surface area contributed by atoms with Gasteiger partial charge in [0.2, 0.25) is 5.82 Å². The summed E-state index contributed by atoms with van der Waals surface area (Å²) in [7, 11) is 0. The van der Waals surface area contributed by atoms with Crippen LogP contribution in [-0.4, -0.2) is 6.61 Å². The molecule has 1 nitrogen and oxygen atoms in total. The Balaban J connectivity index is 1.37. The van der Waals surface area contributed by atoms with Gasteiger partial charge in [0.1, 0.15) is 0 Å². The fourth-order valence-corrected chi connectivity index (χ4v) is 5.36. The molecule has 5 heteroatoms. The molecule has 1 unspecified atom stereocenters. The monoisotopic (exact) mass is 564 g/mol. The second-order valence-corrected chi connectivity index (χ2v) is 10.9. The molecule has 0 bridgehead atoms. The Bertz CT molecular complexity index is 1360. The minimum Gasteiger partial charge on any atom is -0.490 e. The zero-order valence-corrected chi connectivity index (χ0v) is 24.1. The smallest absolute Gasteiger partial charge is 0.201 e. The van der Waals surface area contributed by atoms with Crippen LogP contribution in [0.1, 0.15) is 81.9 Å². The molecule has 0 fully saturated rings. The van der Waals surface area contributed by atoms with Crippen molar-refractivity contribution < 1.29 is 22.3 Å². The molecule has 1 atom stereocenters. The summed E-state index contributed by atoms with van der Waals surface area (Å²) in [4.78, 5) is 0. The van der Waals surface area contributed by atoms with E-state index in [1.54, 1.807) is 0 Å². The number of unbranched alkanes of at least 4 members (excludes halogenated alkanes) is 2. The summed E-state index contributed by atoms with van der Waals surface area (Å²) in [6.07, 6.45) is 15.5. The van der Waals surface area contributed by atoms with Crippen LogP contribution in [0.2, 0.25) is 0 Å². The lowest BCUT2D eigenvalue weighted by molar-refractivity contribution is 0.286. The predicted octanol–water partition coefficient (Wildman–Crippen LogP) is 10.8. The summed E-state index contributed by atoms with van der Waals surface area (Å²) in [6.45, 7) is 4.48. The molecule has 0 saturated heterocycles. The van der Waals surface area contributed by atoms with Crippen LogP contribution in [0.5, 0.6) is 5.75 Å². The number of hydrogen-bond donors (Lipinski definition) is 0. The van der Waals surface area contributed by atoms with Gasteiger partial charge in [-0.2, -0.15) is 4.39 Å². The molecular weight excluding hydrogens is 524 g/mol.